The predicted molar refractivity (Wildman–Crippen MR) is 105 cm³/mol. The number of anilines is 1. The number of nitro benzene ring substituents is 1. The van der Waals surface area contributed by atoms with E-state index >= 15 is 0 Å². The fourth-order valence-electron chi connectivity index (χ4n) is 2.39. The van der Waals surface area contributed by atoms with Crippen molar-refractivity contribution in [1.29, 1.82) is 0 Å². The van der Waals surface area contributed by atoms with E-state index in [-0.39, 0.29) is 23.7 Å². The summed E-state index contributed by atoms with van der Waals surface area (Å²) in [6, 6.07) is 11.5. The highest BCUT2D eigenvalue weighted by Crippen LogP contribution is 2.29. The largest absolute Gasteiger partial charge is 0.497 e. The molecule has 0 unspecified atom stereocenters. The monoisotopic (exact) mass is 388 g/mol. The fourth-order valence-corrected chi connectivity index (χ4v) is 2.39. The molecule has 0 aromatic heterocycles. The first kappa shape index (κ1) is 21.0. The number of ether oxygens (including phenoxy) is 3. The zero-order valence-corrected chi connectivity index (χ0v) is 16.0. The lowest BCUT2D eigenvalue weighted by Gasteiger charge is -2.09. The number of methoxy groups -OCH3 is 1. The molecule has 0 aliphatic rings. The van der Waals surface area contributed by atoms with Crippen molar-refractivity contribution in [2.75, 3.05) is 25.6 Å². The molecule has 2 aromatic rings. The number of rotatable bonds is 11. The zero-order chi connectivity index (χ0) is 20.4. The Bertz CT molecular complexity index is 792. The Balaban J connectivity index is 1.83. The van der Waals surface area contributed by atoms with Crippen LogP contribution in [0.5, 0.6) is 17.2 Å². The van der Waals surface area contributed by atoms with Crippen LogP contribution in [0, 0.1) is 10.1 Å². The minimum atomic E-state index is -0.540. The van der Waals surface area contributed by atoms with Crippen molar-refractivity contribution < 1.29 is 23.9 Å². The summed E-state index contributed by atoms with van der Waals surface area (Å²) in [5.41, 5.74) is -0.0497. The second kappa shape index (κ2) is 10.8. The minimum absolute atomic E-state index is 0.148. The molecule has 0 heterocycles. The van der Waals surface area contributed by atoms with Gasteiger partial charge in [0.2, 0.25) is 5.91 Å². The quantitative estimate of drug-likeness (QED) is 0.352. The molecular formula is C20H24N2O6. The number of carbonyl (C=O) groups is 1. The van der Waals surface area contributed by atoms with Crippen LogP contribution in [0.2, 0.25) is 0 Å². The number of benzene rings is 2. The minimum Gasteiger partial charge on any atom is -0.497 e. The Morgan fingerprint density at radius 1 is 1.04 bits per heavy atom. The summed E-state index contributed by atoms with van der Waals surface area (Å²) in [5, 5.41) is 13.8. The molecule has 2 aromatic carbocycles. The van der Waals surface area contributed by atoms with Gasteiger partial charge < -0.3 is 19.5 Å². The third-order valence-corrected chi connectivity index (χ3v) is 3.79. The van der Waals surface area contributed by atoms with Gasteiger partial charge in [0, 0.05) is 6.42 Å². The third kappa shape index (κ3) is 6.46. The number of nitro groups is 1. The fraction of sp³-hybridized carbons (Fsp3) is 0.350. The van der Waals surface area contributed by atoms with Crippen LogP contribution in [0.25, 0.3) is 0 Å². The summed E-state index contributed by atoms with van der Waals surface area (Å²) < 4.78 is 16.0. The van der Waals surface area contributed by atoms with Crippen molar-refractivity contribution >= 4 is 17.3 Å². The molecule has 0 atom stereocenters. The number of carbonyl (C=O) groups excluding carboxylic acids is 1. The van der Waals surface area contributed by atoms with Crippen LogP contribution >= 0.6 is 0 Å². The van der Waals surface area contributed by atoms with Crippen molar-refractivity contribution in [3.8, 4) is 17.2 Å². The van der Waals surface area contributed by atoms with E-state index in [1.807, 2.05) is 6.92 Å². The Morgan fingerprint density at radius 3 is 2.32 bits per heavy atom. The molecule has 0 spiro atoms. The van der Waals surface area contributed by atoms with E-state index < -0.39 is 4.92 Å². The normalized spacial score (nSPS) is 10.2. The lowest BCUT2D eigenvalue weighted by molar-refractivity contribution is -0.384. The third-order valence-electron chi connectivity index (χ3n) is 3.79. The Morgan fingerprint density at radius 2 is 1.68 bits per heavy atom. The average Bonchev–Trinajstić information content (AvgIpc) is 2.70. The average molecular weight is 388 g/mol. The van der Waals surface area contributed by atoms with E-state index in [0.717, 1.165) is 12.2 Å². The smallest absolute Gasteiger partial charge is 0.296 e. The lowest BCUT2D eigenvalue weighted by Crippen LogP contribution is -2.14. The molecule has 8 nitrogen and oxygen atoms in total. The molecular weight excluding hydrogens is 364 g/mol. The van der Waals surface area contributed by atoms with Crippen LogP contribution in [-0.2, 0) is 4.79 Å². The van der Waals surface area contributed by atoms with Crippen LogP contribution in [0.1, 0.15) is 26.2 Å². The van der Waals surface area contributed by atoms with Crippen molar-refractivity contribution in [3.05, 3.63) is 52.6 Å². The first-order valence-electron chi connectivity index (χ1n) is 9.01. The molecule has 0 bridgehead atoms. The van der Waals surface area contributed by atoms with Gasteiger partial charge in [0.25, 0.3) is 5.69 Å². The molecule has 0 saturated heterocycles. The van der Waals surface area contributed by atoms with Crippen molar-refractivity contribution in [2.24, 2.45) is 0 Å². The van der Waals surface area contributed by atoms with Crippen LogP contribution < -0.4 is 19.5 Å². The molecule has 150 valence electrons. The summed E-state index contributed by atoms with van der Waals surface area (Å²) in [6.45, 7) is 2.77. The second-order valence-corrected chi connectivity index (χ2v) is 5.96. The van der Waals surface area contributed by atoms with Gasteiger partial charge in [0.1, 0.15) is 22.9 Å². The molecule has 0 aliphatic heterocycles. The summed E-state index contributed by atoms with van der Waals surface area (Å²) in [4.78, 5) is 22.8. The van der Waals surface area contributed by atoms with Gasteiger partial charge in [-0.15, -0.1) is 0 Å². The number of nitrogens with zero attached hydrogens (tertiary/aromatic N) is 1. The van der Waals surface area contributed by atoms with Gasteiger partial charge in [-0.2, -0.15) is 0 Å². The van der Waals surface area contributed by atoms with Gasteiger partial charge in [-0.25, -0.2) is 0 Å². The van der Waals surface area contributed by atoms with Crippen LogP contribution in [0.4, 0.5) is 11.4 Å². The predicted octanol–water partition coefficient (Wildman–Crippen LogP) is 4.19. The maximum absolute atomic E-state index is 12.1. The van der Waals surface area contributed by atoms with Crippen LogP contribution in [0.15, 0.2) is 42.5 Å². The molecule has 0 aliphatic carbocycles. The summed E-state index contributed by atoms with van der Waals surface area (Å²) in [6.07, 6.45) is 1.45. The Labute approximate surface area is 163 Å². The molecule has 8 heteroatoms. The SMILES string of the molecule is CCCOc1ccc(NC(=O)CCCOc2ccc(OC)cc2)c([N+](=O)[O-])c1. The second-order valence-electron chi connectivity index (χ2n) is 5.96. The number of amides is 1. The van der Waals surface area contributed by atoms with Gasteiger partial charge in [-0.3, -0.25) is 14.9 Å². The van der Waals surface area contributed by atoms with Crippen LogP contribution in [0.3, 0.4) is 0 Å². The zero-order valence-electron chi connectivity index (χ0n) is 16.0. The first-order chi connectivity index (χ1) is 13.5. The van der Waals surface area contributed by atoms with E-state index in [2.05, 4.69) is 5.32 Å². The van der Waals surface area contributed by atoms with E-state index in [9.17, 15) is 14.9 Å². The van der Waals surface area contributed by atoms with Crippen LogP contribution in [-0.4, -0.2) is 31.2 Å². The van der Waals surface area contributed by atoms with Gasteiger partial charge in [0.15, 0.2) is 0 Å². The topological polar surface area (TPSA) is 99.9 Å². The van der Waals surface area contributed by atoms with Crippen molar-refractivity contribution in [3.63, 3.8) is 0 Å². The van der Waals surface area contributed by atoms with E-state index in [4.69, 9.17) is 14.2 Å². The molecule has 0 fully saturated rings. The Hall–Kier alpha value is -3.29. The number of hydrogen-bond acceptors (Lipinski definition) is 6. The van der Waals surface area contributed by atoms with Crippen molar-refractivity contribution in [1.82, 2.24) is 0 Å². The van der Waals surface area contributed by atoms with Crippen molar-refractivity contribution in [2.45, 2.75) is 26.2 Å². The van der Waals surface area contributed by atoms with E-state index in [1.165, 1.54) is 12.1 Å². The van der Waals surface area contributed by atoms with Gasteiger partial charge in [-0.05, 0) is 49.2 Å². The molecule has 28 heavy (non-hydrogen) atoms. The number of nitrogens with one attached hydrogen (secondary N) is 1. The molecule has 1 N–H and O–H groups in total. The maximum Gasteiger partial charge on any atom is 0.296 e. The van der Waals surface area contributed by atoms with Gasteiger partial charge >= 0.3 is 0 Å². The maximum atomic E-state index is 12.1. The lowest BCUT2D eigenvalue weighted by atomic mass is 10.2. The highest BCUT2D eigenvalue weighted by Gasteiger charge is 2.17. The Kier molecular flexibility index (Phi) is 8.08. The standard InChI is InChI=1S/C20H24N2O6/c1-3-12-27-17-10-11-18(19(14-17)22(24)25)21-20(23)5-4-13-28-16-8-6-15(26-2)7-9-16/h6-11,14H,3-5,12-13H2,1-2H3,(H,21,23). The molecule has 0 saturated carbocycles. The van der Waals surface area contributed by atoms with Gasteiger partial charge in [0.05, 0.1) is 31.3 Å². The summed E-state index contributed by atoms with van der Waals surface area (Å²) in [5.74, 6) is 1.50. The highest BCUT2D eigenvalue weighted by molar-refractivity contribution is 5.93. The summed E-state index contributed by atoms with van der Waals surface area (Å²) >= 11 is 0. The van der Waals surface area contributed by atoms with Gasteiger partial charge in [-0.1, -0.05) is 6.92 Å². The van der Waals surface area contributed by atoms with E-state index in [1.54, 1.807) is 37.4 Å². The highest BCUT2D eigenvalue weighted by atomic mass is 16.6. The molecule has 2 rings (SSSR count). The summed E-state index contributed by atoms with van der Waals surface area (Å²) in [7, 11) is 1.59. The van der Waals surface area contributed by atoms with E-state index in [0.29, 0.717) is 31.1 Å². The molecule has 1 amide bonds. The first-order valence-corrected chi connectivity index (χ1v) is 9.01. The molecule has 0 radical (unpaired) electrons. The number of hydrogen-bond donors (Lipinski definition) is 1.